The Bertz CT molecular complexity index is 582. The van der Waals surface area contributed by atoms with Crippen LogP contribution in [0.15, 0.2) is 12.4 Å². The van der Waals surface area contributed by atoms with Gasteiger partial charge in [-0.05, 0) is 12.8 Å². The van der Waals surface area contributed by atoms with E-state index in [1.165, 1.54) is 6.20 Å². The SMILES string of the molecule is CS(=O)(=O)Nc1c(OC2CC2)cncc1[N+](=O)[O-]. The van der Waals surface area contributed by atoms with E-state index >= 15 is 0 Å². The van der Waals surface area contributed by atoms with Crippen molar-refractivity contribution in [2.75, 3.05) is 11.0 Å². The number of sulfonamides is 1. The lowest BCUT2D eigenvalue weighted by molar-refractivity contribution is -0.384. The Morgan fingerprint density at radius 2 is 2.17 bits per heavy atom. The zero-order valence-corrected chi connectivity index (χ0v) is 10.3. The minimum atomic E-state index is -3.63. The van der Waals surface area contributed by atoms with Crippen LogP contribution in [0.2, 0.25) is 0 Å². The molecule has 1 aliphatic carbocycles. The Morgan fingerprint density at radius 1 is 1.50 bits per heavy atom. The summed E-state index contributed by atoms with van der Waals surface area (Å²) in [6.45, 7) is 0. The Hall–Kier alpha value is -1.90. The molecule has 1 aliphatic rings. The van der Waals surface area contributed by atoms with Crippen LogP contribution in [0.5, 0.6) is 5.75 Å². The third-order valence-corrected chi connectivity index (χ3v) is 2.77. The summed E-state index contributed by atoms with van der Waals surface area (Å²) in [6.07, 6.45) is 4.83. The molecule has 0 amide bonds. The van der Waals surface area contributed by atoms with E-state index in [0.717, 1.165) is 25.3 Å². The lowest BCUT2D eigenvalue weighted by Gasteiger charge is -2.11. The predicted octanol–water partition coefficient (Wildman–Crippen LogP) is 0.902. The molecule has 0 radical (unpaired) electrons. The van der Waals surface area contributed by atoms with Crippen LogP contribution in [0.4, 0.5) is 11.4 Å². The average Bonchev–Trinajstić information content (AvgIpc) is 3.02. The smallest absolute Gasteiger partial charge is 0.315 e. The Morgan fingerprint density at radius 3 is 2.67 bits per heavy atom. The van der Waals surface area contributed by atoms with Crippen molar-refractivity contribution in [3.05, 3.63) is 22.5 Å². The van der Waals surface area contributed by atoms with Crippen molar-refractivity contribution in [3.63, 3.8) is 0 Å². The van der Waals surface area contributed by atoms with Gasteiger partial charge in [0.1, 0.15) is 6.20 Å². The van der Waals surface area contributed by atoms with Crippen LogP contribution in [0.3, 0.4) is 0 Å². The predicted molar refractivity (Wildman–Crippen MR) is 63.0 cm³/mol. The van der Waals surface area contributed by atoms with E-state index in [-0.39, 0.29) is 17.5 Å². The lowest BCUT2D eigenvalue weighted by atomic mass is 10.3. The van der Waals surface area contributed by atoms with E-state index in [1.807, 2.05) is 0 Å². The maximum atomic E-state index is 11.2. The van der Waals surface area contributed by atoms with Gasteiger partial charge in [-0.3, -0.25) is 19.8 Å². The molecule has 1 aromatic rings. The molecule has 0 atom stereocenters. The van der Waals surface area contributed by atoms with Gasteiger partial charge in [0.2, 0.25) is 10.0 Å². The molecule has 1 fully saturated rings. The first kappa shape index (κ1) is 12.6. The average molecular weight is 273 g/mol. The quantitative estimate of drug-likeness (QED) is 0.630. The highest BCUT2D eigenvalue weighted by molar-refractivity contribution is 7.92. The van der Waals surface area contributed by atoms with Gasteiger partial charge in [0.25, 0.3) is 0 Å². The van der Waals surface area contributed by atoms with Gasteiger partial charge in [0.15, 0.2) is 11.4 Å². The summed E-state index contributed by atoms with van der Waals surface area (Å²) >= 11 is 0. The van der Waals surface area contributed by atoms with Crippen molar-refractivity contribution in [3.8, 4) is 5.75 Å². The fourth-order valence-corrected chi connectivity index (χ4v) is 1.89. The number of anilines is 1. The Labute approximate surface area is 103 Å². The molecule has 18 heavy (non-hydrogen) atoms. The van der Waals surface area contributed by atoms with Gasteiger partial charge in [-0.25, -0.2) is 8.42 Å². The van der Waals surface area contributed by atoms with Gasteiger partial charge in [-0.2, -0.15) is 0 Å². The number of hydrogen-bond acceptors (Lipinski definition) is 6. The summed E-state index contributed by atoms with van der Waals surface area (Å²) in [5.74, 6) is 0.0807. The van der Waals surface area contributed by atoms with E-state index in [1.54, 1.807) is 0 Å². The molecular formula is C9H11N3O5S. The van der Waals surface area contributed by atoms with Crippen molar-refractivity contribution in [1.82, 2.24) is 4.98 Å². The molecule has 1 N–H and O–H groups in total. The van der Waals surface area contributed by atoms with Crippen LogP contribution in [0.25, 0.3) is 0 Å². The molecule has 2 rings (SSSR count). The summed E-state index contributed by atoms with van der Waals surface area (Å²) in [4.78, 5) is 13.8. The molecule has 0 aromatic carbocycles. The molecule has 0 aliphatic heterocycles. The van der Waals surface area contributed by atoms with Gasteiger partial charge in [0, 0.05) is 0 Å². The third kappa shape index (κ3) is 3.06. The minimum Gasteiger partial charge on any atom is -0.486 e. The Kier molecular flexibility index (Phi) is 3.07. The molecule has 0 saturated heterocycles. The molecule has 1 saturated carbocycles. The monoisotopic (exact) mass is 273 g/mol. The standard InChI is InChI=1S/C9H11N3O5S/c1-18(15,16)11-9-7(12(13)14)4-10-5-8(9)17-6-2-3-6/h4-6H,2-3H2,1H3,(H,10,11). The number of rotatable bonds is 5. The van der Waals surface area contributed by atoms with Crippen LogP contribution in [0.1, 0.15) is 12.8 Å². The first-order valence-electron chi connectivity index (χ1n) is 5.13. The van der Waals surface area contributed by atoms with E-state index in [0.29, 0.717) is 0 Å². The second-order valence-electron chi connectivity index (χ2n) is 3.98. The maximum Gasteiger partial charge on any atom is 0.315 e. The van der Waals surface area contributed by atoms with Crippen molar-refractivity contribution in [2.24, 2.45) is 0 Å². The fourth-order valence-electron chi connectivity index (χ4n) is 1.31. The van der Waals surface area contributed by atoms with E-state index in [2.05, 4.69) is 9.71 Å². The molecule has 1 heterocycles. The van der Waals surface area contributed by atoms with Gasteiger partial charge >= 0.3 is 5.69 Å². The van der Waals surface area contributed by atoms with Gasteiger partial charge in [-0.15, -0.1) is 0 Å². The summed E-state index contributed by atoms with van der Waals surface area (Å²) in [7, 11) is -3.63. The van der Waals surface area contributed by atoms with Crippen LogP contribution < -0.4 is 9.46 Å². The first-order valence-corrected chi connectivity index (χ1v) is 7.03. The molecule has 1 aromatic heterocycles. The zero-order valence-electron chi connectivity index (χ0n) is 9.49. The highest BCUT2D eigenvalue weighted by Gasteiger charge is 2.28. The zero-order chi connectivity index (χ0) is 13.3. The number of nitro groups is 1. The van der Waals surface area contributed by atoms with Crippen molar-refractivity contribution in [2.45, 2.75) is 18.9 Å². The van der Waals surface area contributed by atoms with Gasteiger partial charge in [0.05, 0.1) is 23.5 Å². The van der Waals surface area contributed by atoms with Gasteiger partial charge in [-0.1, -0.05) is 0 Å². The highest BCUT2D eigenvalue weighted by atomic mass is 32.2. The lowest BCUT2D eigenvalue weighted by Crippen LogP contribution is -2.13. The first-order chi connectivity index (χ1) is 8.37. The van der Waals surface area contributed by atoms with Crippen LogP contribution in [-0.2, 0) is 10.0 Å². The largest absolute Gasteiger partial charge is 0.486 e. The molecule has 98 valence electrons. The van der Waals surface area contributed by atoms with Crippen molar-refractivity contribution in [1.29, 1.82) is 0 Å². The molecule has 0 unspecified atom stereocenters. The number of pyridine rings is 1. The van der Waals surface area contributed by atoms with E-state index in [9.17, 15) is 18.5 Å². The number of aromatic nitrogens is 1. The number of ether oxygens (including phenoxy) is 1. The second kappa shape index (κ2) is 4.41. The van der Waals surface area contributed by atoms with E-state index < -0.39 is 20.6 Å². The molecule has 0 spiro atoms. The second-order valence-corrected chi connectivity index (χ2v) is 5.73. The van der Waals surface area contributed by atoms with Crippen LogP contribution >= 0.6 is 0 Å². The van der Waals surface area contributed by atoms with Crippen molar-refractivity contribution >= 4 is 21.4 Å². The number of nitrogens with zero attached hydrogens (tertiary/aromatic N) is 2. The van der Waals surface area contributed by atoms with Crippen LogP contribution in [-0.4, -0.2) is 30.7 Å². The normalized spacial score (nSPS) is 15.2. The van der Waals surface area contributed by atoms with Crippen molar-refractivity contribution < 1.29 is 18.1 Å². The highest BCUT2D eigenvalue weighted by Crippen LogP contribution is 2.37. The maximum absolute atomic E-state index is 11.2. The summed E-state index contributed by atoms with van der Waals surface area (Å²) < 4.78 is 29.9. The van der Waals surface area contributed by atoms with Gasteiger partial charge < -0.3 is 4.74 Å². The summed E-state index contributed by atoms with van der Waals surface area (Å²) in [6, 6.07) is 0. The van der Waals surface area contributed by atoms with E-state index in [4.69, 9.17) is 4.74 Å². The molecule has 0 bridgehead atoms. The minimum absolute atomic E-state index is 0.0195. The topological polar surface area (TPSA) is 111 Å². The summed E-state index contributed by atoms with van der Waals surface area (Å²) in [5, 5.41) is 10.8. The summed E-state index contributed by atoms with van der Waals surface area (Å²) in [5.41, 5.74) is -0.608. The number of hydrogen-bond donors (Lipinski definition) is 1. The Balaban J connectivity index is 2.43. The van der Waals surface area contributed by atoms with Crippen LogP contribution in [0, 0.1) is 10.1 Å². The number of nitrogens with one attached hydrogen (secondary N) is 1. The molecular weight excluding hydrogens is 262 g/mol. The molecule has 8 nitrogen and oxygen atoms in total. The molecule has 9 heteroatoms. The third-order valence-electron chi connectivity index (χ3n) is 2.19. The fraction of sp³-hybridized carbons (Fsp3) is 0.444.